The molecule has 3 heteroatoms. The van der Waals surface area contributed by atoms with Crippen LogP contribution in [0.4, 0.5) is 0 Å². The van der Waals surface area contributed by atoms with Crippen molar-refractivity contribution in [3.8, 4) is 0 Å². The van der Waals surface area contributed by atoms with Gasteiger partial charge in [-0.2, -0.15) is 0 Å². The van der Waals surface area contributed by atoms with Crippen LogP contribution in [0, 0.1) is 0 Å². The van der Waals surface area contributed by atoms with E-state index in [1.165, 1.54) is 0 Å². The number of hydrogen-bond donors (Lipinski definition) is 0. The molecule has 0 rings (SSSR count). The molecule has 88 valence electrons. The molecule has 0 atom stereocenters. The molecule has 0 aliphatic heterocycles. The van der Waals surface area contributed by atoms with Gasteiger partial charge in [-0.15, -0.1) is 0 Å². The Balaban J connectivity index is 4.86. The Labute approximate surface area is 100 Å². The molecular formula is C12H24OSSi. The maximum atomic E-state index is 6.08. The Morgan fingerprint density at radius 1 is 1.27 bits per heavy atom. The molecule has 0 saturated carbocycles. The van der Waals surface area contributed by atoms with Crippen molar-refractivity contribution in [3.63, 3.8) is 0 Å². The number of allylic oxidation sites excluding steroid dienone is 2. The average molecular weight is 244 g/mol. The summed E-state index contributed by atoms with van der Waals surface area (Å²) in [4.78, 5) is 0. The molecule has 0 fully saturated rings. The van der Waals surface area contributed by atoms with Crippen molar-refractivity contribution in [2.75, 3.05) is 0 Å². The predicted octanol–water partition coefficient (Wildman–Crippen LogP) is 4.79. The first kappa shape index (κ1) is 14.8. The lowest BCUT2D eigenvalue weighted by Gasteiger charge is -2.27. The minimum absolute atomic E-state index is 0.180. The van der Waals surface area contributed by atoms with Gasteiger partial charge >= 0.3 is 0 Å². The molecule has 0 aliphatic rings. The molecule has 0 radical (unpaired) electrons. The van der Waals surface area contributed by atoms with E-state index in [1.807, 2.05) is 6.08 Å². The molecular weight excluding hydrogens is 220 g/mol. The van der Waals surface area contributed by atoms with Crippen molar-refractivity contribution in [3.05, 3.63) is 23.3 Å². The van der Waals surface area contributed by atoms with Crippen LogP contribution in [0.2, 0.25) is 19.6 Å². The quantitative estimate of drug-likeness (QED) is 0.399. The van der Waals surface area contributed by atoms with Gasteiger partial charge in [0.1, 0.15) is 5.09 Å². The molecule has 0 aromatic heterocycles. The van der Waals surface area contributed by atoms with Crippen molar-refractivity contribution in [1.82, 2.24) is 0 Å². The van der Waals surface area contributed by atoms with Crippen LogP contribution in [0.1, 0.15) is 27.7 Å². The average Bonchev–Trinajstić information content (AvgIpc) is 1.96. The van der Waals surface area contributed by atoms with E-state index in [9.17, 15) is 0 Å². The lowest BCUT2D eigenvalue weighted by Crippen LogP contribution is -2.25. The SMILES string of the molecule is C=C/C(C)=C(\O[Si](C)(C)C)SC(C)(C)C. The third kappa shape index (κ3) is 7.74. The first-order chi connectivity index (χ1) is 6.55. The Kier molecular flexibility index (Phi) is 5.20. The van der Waals surface area contributed by atoms with Crippen LogP contribution in [0.25, 0.3) is 0 Å². The van der Waals surface area contributed by atoms with E-state index >= 15 is 0 Å². The van der Waals surface area contributed by atoms with Crippen molar-refractivity contribution < 1.29 is 4.43 Å². The Morgan fingerprint density at radius 2 is 1.73 bits per heavy atom. The summed E-state index contributed by atoms with van der Waals surface area (Å²) in [5.74, 6) is 0. The molecule has 0 bridgehead atoms. The van der Waals surface area contributed by atoms with E-state index in [2.05, 4.69) is 53.9 Å². The first-order valence-electron chi connectivity index (χ1n) is 5.26. The molecule has 0 N–H and O–H groups in total. The Bertz CT molecular complexity index is 238. The maximum absolute atomic E-state index is 6.08. The summed E-state index contributed by atoms with van der Waals surface area (Å²) in [5.41, 5.74) is 1.14. The number of hydrogen-bond acceptors (Lipinski definition) is 2. The zero-order valence-corrected chi connectivity index (χ0v) is 12.9. The maximum Gasteiger partial charge on any atom is 0.242 e. The van der Waals surface area contributed by atoms with Crippen LogP contribution in [0.15, 0.2) is 23.3 Å². The lowest BCUT2D eigenvalue weighted by molar-refractivity contribution is 0.457. The summed E-state index contributed by atoms with van der Waals surface area (Å²) >= 11 is 1.78. The van der Waals surface area contributed by atoms with E-state index in [0.29, 0.717) is 0 Å². The highest BCUT2D eigenvalue weighted by atomic mass is 32.2. The summed E-state index contributed by atoms with van der Waals surface area (Å²) in [6.45, 7) is 19.1. The summed E-state index contributed by atoms with van der Waals surface area (Å²) in [7, 11) is -1.53. The van der Waals surface area contributed by atoms with Crippen LogP contribution in [0.5, 0.6) is 0 Å². The van der Waals surface area contributed by atoms with Crippen molar-refractivity contribution in [2.45, 2.75) is 52.1 Å². The summed E-state index contributed by atoms with van der Waals surface area (Å²) < 4.78 is 6.26. The molecule has 15 heavy (non-hydrogen) atoms. The van der Waals surface area contributed by atoms with Gasteiger partial charge in [0.05, 0.1) is 0 Å². The van der Waals surface area contributed by atoms with E-state index < -0.39 is 8.32 Å². The number of rotatable bonds is 4. The zero-order valence-electron chi connectivity index (χ0n) is 11.1. The second-order valence-corrected chi connectivity index (χ2v) is 11.8. The summed E-state index contributed by atoms with van der Waals surface area (Å²) in [5, 5.41) is 1.04. The van der Waals surface area contributed by atoms with Gasteiger partial charge in [0, 0.05) is 4.75 Å². The molecule has 0 aromatic rings. The highest BCUT2D eigenvalue weighted by Crippen LogP contribution is 2.35. The number of thioether (sulfide) groups is 1. The van der Waals surface area contributed by atoms with Gasteiger partial charge < -0.3 is 4.43 Å². The smallest absolute Gasteiger partial charge is 0.242 e. The predicted molar refractivity (Wildman–Crippen MR) is 74.7 cm³/mol. The second kappa shape index (κ2) is 5.26. The van der Waals surface area contributed by atoms with Gasteiger partial charge in [-0.05, 0) is 32.1 Å². The van der Waals surface area contributed by atoms with Gasteiger partial charge in [-0.25, -0.2) is 0 Å². The summed E-state index contributed by atoms with van der Waals surface area (Å²) in [6.07, 6.45) is 1.87. The third-order valence-electron chi connectivity index (χ3n) is 1.43. The minimum atomic E-state index is -1.53. The van der Waals surface area contributed by atoms with Gasteiger partial charge in [0.2, 0.25) is 8.32 Å². The van der Waals surface area contributed by atoms with Crippen molar-refractivity contribution in [2.24, 2.45) is 0 Å². The molecule has 0 heterocycles. The van der Waals surface area contributed by atoms with Crippen LogP contribution in [-0.4, -0.2) is 13.1 Å². The molecule has 0 spiro atoms. The Morgan fingerprint density at radius 3 is 2.00 bits per heavy atom. The van der Waals surface area contributed by atoms with Crippen LogP contribution >= 0.6 is 11.8 Å². The van der Waals surface area contributed by atoms with E-state index in [0.717, 1.165) is 10.7 Å². The van der Waals surface area contributed by atoms with Gasteiger partial charge in [0.15, 0.2) is 0 Å². The second-order valence-electron chi connectivity index (χ2n) is 5.60. The highest BCUT2D eigenvalue weighted by molar-refractivity contribution is 8.04. The van der Waals surface area contributed by atoms with E-state index in [4.69, 9.17) is 4.43 Å². The monoisotopic (exact) mass is 244 g/mol. The van der Waals surface area contributed by atoms with Crippen LogP contribution in [-0.2, 0) is 4.43 Å². The fourth-order valence-electron chi connectivity index (χ4n) is 0.821. The van der Waals surface area contributed by atoms with E-state index in [1.54, 1.807) is 11.8 Å². The largest absolute Gasteiger partial charge is 0.540 e. The van der Waals surface area contributed by atoms with E-state index in [-0.39, 0.29) is 4.75 Å². The van der Waals surface area contributed by atoms with Crippen LogP contribution in [0.3, 0.4) is 0 Å². The van der Waals surface area contributed by atoms with Crippen molar-refractivity contribution in [1.29, 1.82) is 0 Å². The standard InChI is InChI=1S/C12H24OSSi/c1-9-10(2)11(13-15(6,7)8)14-12(3,4)5/h9H,1H2,2-8H3/b11-10+. The third-order valence-corrected chi connectivity index (χ3v) is 3.59. The lowest BCUT2D eigenvalue weighted by atomic mass is 10.3. The van der Waals surface area contributed by atoms with Crippen molar-refractivity contribution >= 4 is 20.1 Å². The molecule has 0 aromatic carbocycles. The molecule has 1 nitrogen and oxygen atoms in total. The fraction of sp³-hybridized carbons (Fsp3) is 0.667. The van der Waals surface area contributed by atoms with Gasteiger partial charge in [0.25, 0.3) is 0 Å². The summed E-state index contributed by atoms with van der Waals surface area (Å²) in [6, 6.07) is 0. The molecule has 0 aliphatic carbocycles. The minimum Gasteiger partial charge on any atom is -0.540 e. The van der Waals surface area contributed by atoms with Crippen LogP contribution < -0.4 is 0 Å². The van der Waals surface area contributed by atoms with Gasteiger partial charge in [-0.1, -0.05) is 45.2 Å². The molecule has 0 amide bonds. The molecule has 0 saturated heterocycles. The Hall–Kier alpha value is -0.153. The van der Waals surface area contributed by atoms with Gasteiger partial charge in [-0.3, -0.25) is 0 Å². The zero-order chi connectivity index (χ0) is 12.3. The molecule has 0 unspecified atom stereocenters. The fourth-order valence-corrected chi connectivity index (χ4v) is 3.26. The first-order valence-corrected chi connectivity index (χ1v) is 9.49. The topological polar surface area (TPSA) is 9.23 Å². The normalized spacial score (nSPS) is 14.6. The highest BCUT2D eigenvalue weighted by Gasteiger charge is 2.23.